The van der Waals surface area contributed by atoms with Crippen LogP contribution >= 0.6 is 15.9 Å². The highest BCUT2D eigenvalue weighted by Gasteiger charge is 2.10. The maximum absolute atomic E-state index is 11.4. The standard InChI is InChI=1S/C10H8BrNO/c1-7(11)10(13)9-4-2-8(6-12)3-5-9/h2-5,7H,1H3. The highest BCUT2D eigenvalue weighted by molar-refractivity contribution is 9.10. The first-order valence-electron chi connectivity index (χ1n) is 3.83. The van der Waals surface area contributed by atoms with Crippen LogP contribution in [0.4, 0.5) is 0 Å². The van der Waals surface area contributed by atoms with Crippen LogP contribution in [-0.2, 0) is 0 Å². The van der Waals surface area contributed by atoms with Gasteiger partial charge >= 0.3 is 0 Å². The fourth-order valence-electron chi connectivity index (χ4n) is 0.939. The van der Waals surface area contributed by atoms with Crippen molar-refractivity contribution in [3.63, 3.8) is 0 Å². The molecule has 0 heterocycles. The molecule has 1 rings (SSSR count). The van der Waals surface area contributed by atoms with E-state index in [0.717, 1.165) is 0 Å². The largest absolute Gasteiger partial charge is 0.293 e. The lowest BCUT2D eigenvalue weighted by molar-refractivity contribution is 0.0996. The average Bonchev–Trinajstić information content (AvgIpc) is 2.17. The Morgan fingerprint density at radius 1 is 1.46 bits per heavy atom. The van der Waals surface area contributed by atoms with Gasteiger partial charge in [-0.05, 0) is 19.1 Å². The van der Waals surface area contributed by atoms with Gasteiger partial charge in [-0.2, -0.15) is 5.26 Å². The number of ketones is 1. The molecule has 0 radical (unpaired) electrons. The first kappa shape index (κ1) is 9.94. The van der Waals surface area contributed by atoms with Crippen LogP contribution in [0.15, 0.2) is 24.3 Å². The molecule has 0 saturated carbocycles. The molecule has 0 fully saturated rings. The molecular formula is C10H8BrNO. The topological polar surface area (TPSA) is 40.9 Å². The molecule has 0 aliphatic carbocycles. The third-order valence-electron chi connectivity index (χ3n) is 1.66. The summed E-state index contributed by atoms with van der Waals surface area (Å²) < 4.78 is 0. The van der Waals surface area contributed by atoms with E-state index in [2.05, 4.69) is 15.9 Å². The average molecular weight is 238 g/mol. The Morgan fingerprint density at radius 2 is 2.00 bits per heavy atom. The number of rotatable bonds is 2. The Labute approximate surface area is 85.3 Å². The van der Waals surface area contributed by atoms with E-state index in [4.69, 9.17) is 5.26 Å². The third-order valence-corrected chi connectivity index (χ3v) is 2.08. The molecule has 2 nitrogen and oxygen atoms in total. The molecule has 1 unspecified atom stereocenters. The van der Waals surface area contributed by atoms with Crippen molar-refractivity contribution in [2.45, 2.75) is 11.8 Å². The minimum absolute atomic E-state index is 0.0319. The first-order chi connectivity index (χ1) is 6.15. The second-order valence-corrected chi connectivity index (χ2v) is 4.04. The molecule has 0 aromatic heterocycles. The lowest BCUT2D eigenvalue weighted by Gasteiger charge is -2.01. The van der Waals surface area contributed by atoms with Crippen molar-refractivity contribution < 1.29 is 4.79 Å². The van der Waals surface area contributed by atoms with Gasteiger partial charge in [0, 0.05) is 5.56 Å². The molecule has 0 spiro atoms. The molecule has 1 aromatic rings. The summed E-state index contributed by atoms with van der Waals surface area (Å²) in [7, 11) is 0. The van der Waals surface area contributed by atoms with E-state index >= 15 is 0 Å². The molecule has 3 heteroatoms. The quantitative estimate of drug-likeness (QED) is 0.586. The van der Waals surface area contributed by atoms with E-state index in [0.29, 0.717) is 11.1 Å². The number of Topliss-reactive ketones (excluding diaryl/α,β-unsaturated/α-hetero) is 1. The van der Waals surface area contributed by atoms with Crippen molar-refractivity contribution in [1.82, 2.24) is 0 Å². The van der Waals surface area contributed by atoms with E-state index in [-0.39, 0.29) is 10.6 Å². The summed E-state index contributed by atoms with van der Waals surface area (Å²) >= 11 is 3.20. The van der Waals surface area contributed by atoms with Gasteiger partial charge in [-0.15, -0.1) is 0 Å². The molecule has 0 bridgehead atoms. The van der Waals surface area contributed by atoms with Crippen LogP contribution in [0.3, 0.4) is 0 Å². The van der Waals surface area contributed by atoms with Gasteiger partial charge in [-0.1, -0.05) is 28.1 Å². The number of halogens is 1. The maximum atomic E-state index is 11.4. The van der Waals surface area contributed by atoms with Crippen LogP contribution in [-0.4, -0.2) is 10.6 Å². The number of carbonyl (C=O) groups is 1. The number of nitrogens with zero attached hydrogens (tertiary/aromatic N) is 1. The fraction of sp³-hybridized carbons (Fsp3) is 0.200. The Balaban J connectivity index is 2.94. The summed E-state index contributed by atoms with van der Waals surface area (Å²) in [6.45, 7) is 1.78. The molecule has 0 amide bonds. The molecule has 0 saturated heterocycles. The summed E-state index contributed by atoms with van der Waals surface area (Å²) in [5, 5.41) is 8.53. The Hall–Kier alpha value is -1.14. The number of hydrogen-bond acceptors (Lipinski definition) is 2. The summed E-state index contributed by atoms with van der Waals surface area (Å²) in [5.41, 5.74) is 1.20. The molecule has 0 N–H and O–H groups in total. The predicted molar refractivity (Wildman–Crippen MR) is 53.9 cm³/mol. The number of hydrogen-bond donors (Lipinski definition) is 0. The SMILES string of the molecule is CC(Br)C(=O)c1ccc(C#N)cc1. The van der Waals surface area contributed by atoms with Crippen molar-refractivity contribution in [2.24, 2.45) is 0 Å². The van der Waals surface area contributed by atoms with Gasteiger partial charge in [-0.25, -0.2) is 0 Å². The number of alkyl halides is 1. The zero-order chi connectivity index (χ0) is 9.84. The van der Waals surface area contributed by atoms with E-state index in [1.807, 2.05) is 6.07 Å². The second-order valence-electron chi connectivity index (χ2n) is 2.67. The summed E-state index contributed by atoms with van der Waals surface area (Å²) in [4.78, 5) is 11.2. The minimum Gasteiger partial charge on any atom is -0.293 e. The van der Waals surface area contributed by atoms with Crippen molar-refractivity contribution >= 4 is 21.7 Å². The lowest BCUT2D eigenvalue weighted by Crippen LogP contribution is -2.09. The van der Waals surface area contributed by atoms with Crippen molar-refractivity contribution in [3.05, 3.63) is 35.4 Å². The Bertz CT molecular complexity index is 348. The van der Waals surface area contributed by atoms with Crippen molar-refractivity contribution in [3.8, 4) is 6.07 Å². The van der Waals surface area contributed by atoms with Gasteiger partial charge in [-0.3, -0.25) is 4.79 Å². The number of nitriles is 1. The lowest BCUT2D eigenvalue weighted by atomic mass is 10.1. The second kappa shape index (κ2) is 4.20. The summed E-state index contributed by atoms with van der Waals surface area (Å²) in [6, 6.07) is 8.61. The zero-order valence-electron chi connectivity index (χ0n) is 7.12. The van der Waals surface area contributed by atoms with Gasteiger partial charge in [0.1, 0.15) is 0 Å². The van der Waals surface area contributed by atoms with Gasteiger partial charge < -0.3 is 0 Å². The van der Waals surface area contributed by atoms with Gasteiger partial charge in [0.15, 0.2) is 5.78 Å². The van der Waals surface area contributed by atoms with Crippen molar-refractivity contribution in [2.75, 3.05) is 0 Å². The normalized spacial score (nSPS) is 11.8. The molecular weight excluding hydrogens is 230 g/mol. The van der Waals surface area contributed by atoms with Crippen LogP contribution in [0.5, 0.6) is 0 Å². The molecule has 1 atom stereocenters. The molecule has 0 aliphatic heterocycles. The predicted octanol–water partition coefficient (Wildman–Crippen LogP) is 2.52. The van der Waals surface area contributed by atoms with E-state index in [9.17, 15) is 4.79 Å². The molecule has 66 valence electrons. The highest BCUT2D eigenvalue weighted by Crippen LogP contribution is 2.10. The molecule has 13 heavy (non-hydrogen) atoms. The smallest absolute Gasteiger partial charge is 0.176 e. The Morgan fingerprint density at radius 3 is 2.38 bits per heavy atom. The van der Waals surface area contributed by atoms with Crippen LogP contribution in [0.1, 0.15) is 22.8 Å². The van der Waals surface area contributed by atoms with Crippen LogP contribution in [0, 0.1) is 11.3 Å². The fourth-order valence-corrected chi connectivity index (χ4v) is 1.20. The maximum Gasteiger partial charge on any atom is 0.176 e. The minimum atomic E-state index is -0.180. The molecule has 0 aliphatic rings. The monoisotopic (exact) mass is 237 g/mol. The molecule has 1 aromatic carbocycles. The van der Waals surface area contributed by atoms with Crippen LogP contribution < -0.4 is 0 Å². The van der Waals surface area contributed by atoms with Gasteiger partial charge in [0.25, 0.3) is 0 Å². The first-order valence-corrected chi connectivity index (χ1v) is 4.75. The van der Waals surface area contributed by atoms with E-state index in [1.54, 1.807) is 31.2 Å². The number of benzene rings is 1. The third kappa shape index (κ3) is 2.40. The number of carbonyl (C=O) groups excluding carboxylic acids is 1. The van der Waals surface area contributed by atoms with Crippen LogP contribution in [0.2, 0.25) is 0 Å². The van der Waals surface area contributed by atoms with Crippen LogP contribution in [0.25, 0.3) is 0 Å². The zero-order valence-corrected chi connectivity index (χ0v) is 8.71. The van der Waals surface area contributed by atoms with E-state index < -0.39 is 0 Å². The highest BCUT2D eigenvalue weighted by atomic mass is 79.9. The Kier molecular flexibility index (Phi) is 3.21. The van der Waals surface area contributed by atoms with Crippen molar-refractivity contribution in [1.29, 1.82) is 5.26 Å². The summed E-state index contributed by atoms with van der Waals surface area (Å²) in [6.07, 6.45) is 0. The van der Waals surface area contributed by atoms with Gasteiger partial charge in [0.05, 0.1) is 16.5 Å². The summed E-state index contributed by atoms with van der Waals surface area (Å²) in [5.74, 6) is 0.0319. The van der Waals surface area contributed by atoms with E-state index in [1.165, 1.54) is 0 Å². The van der Waals surface area contributed by atoms with Gasteiger partial charge in [0.2, 0.25) is 0 Å².